The van der Waals surface area contributed by atoms with Crippen molar-refractivity contribution >= 4 is 5.91 Å². The third-order valence-electron chi connectivity index (χ3n) is 2.69. The number of aromatic nitrogens is 1. The van der Waals surface area contributed by atoms with Crippen LogP contribution >= 0.6 is 0 Å². The molecule has 0 spiro atoms. The van der Waals surface area contributed by atoms with E-state index < -0.39 is 23.5 Å². The van der Waals surface area contributed by atoms with E-state index in [1.165, 1.54) is 12.4 Å². The van der Waals surface area contributed by atoms with Crippen molar-refractivity contribution in [2.24, 2.45) is 0 Å². The van der Waals surface area contributed by atoms with E-state index in [9.17, 15) is 22.4 Å². The molecule has 0 saturated carbocycles. The quantitative estimate of drug-likeness (QED) is 0.884. The third-order valence-corrected chi connectivity index (χ3v) is 2.69. The molecule has 0 fully saturated rings. The number of halogens is 4. The zero-order chi connectivity index (χ0) is 15.5. The highest BCUT2D eigenvalue weighted by atomic mass is 19.4. The number of rotatable bonds is 3. The molecular weight excluding hydrogens is 288 g/mol. The summed E-state index contributed by atoms with van der Waals surface area (Å²) in [5, 5.41) is 2.42. The topological polar surface area (TPSA) is 42.0 Å². The van der Waals surface area contributed by atoms with Gasteiger partial charge < -0.3 is 5.32 Å². The highest BCUT2D eigenvalue weighted by Gasteiger charge is 2.31. The average molecular weight is 298 g/mol. The van der Waals surface area contributed by atoms with Crippen molar-refractivity contribution in [1.29, 1.82) is 0 Å². The highest BCUT2D eigenvalue weighted by Crippen LogP contribution is 2.30. The number of alkyl halides is 3. The molecule has 1 heterocycles. The Morgan fingerprint density at radius 3 is 2.43 bits per heavy atom. The summed E-state index contributed by atoms with van der Waals surface area (Å²) < 4.78 is 50.9. The van der Waals surface area contributed by atoms with Crippen LogP contribution in [-0.4, -0.2) is 10.9 Å². The number of hydrogen-bond donors (Lipinski definition) is 1. The Morgan fingerprint density at radius 2 is 1.81 bits per heavy atom. The second kappa shape index (κ2) is 5.90. The van der Waals surface area contributed by atoms with Crippen molar-refractivity contribution < 1.29 is 22.4 Å². The summed E-state index contributed by atoms with van der Waals surface area (Å²) in [6.07, 6.45) is -1.67. The maximum absolute atomic E-state index is 13.2. The van der Waals surface area contributed by atoms with Gasteiger partial charge in [0, 0.05) is 24.5 Å². The largest absolute Gasteiger partial charge is 0.416 e. The minimum Gasteiger partial charge on any atom is -0.348 e. The van der Waals surface area contributed by atoms with E-state index in [2.05, 4.69) is 10.3 Å². The molecular formula is C14H10F4N2O. The molecule has 1 N–H and O–H groups in total. The van der Waals surface area contributed by atoms with Gasteiger partial charge in [0.15, 0.2) is 0 Å². The standard InChI is InChI=1S/C14H10F4N2O/c15-12-6-10(5-11(7-12)14(16,17)18)13(21)20-8-9-1-3-19-4-2-9/h1-7H,8H2,(H,20,21). The summed E-state index contributed by atoms with van der Waals surface area (Å²) in [7, 11) is 0. The van der Waals surface area contributed by atoms with Crippen molar-refractivity contribution in [3.05, 3.63) is 65.2 Å². The highest BCUT2D eigenvalue weighted by molar-refractivity contribution is 5.94. The Morgan fingerprint density at radius 1 is 1.14 bits per heavy atom. The van der Waals surface area contributed by atoms with Gasteiger partial charge in [-0.2, -0.15) is 13.2 Å². The summed E-state index contributed by atoms with van der Waals surface area (Å²) in [6, 6.07) is 5.02. The molecule has 0 radical (unpaired) electrons. The molecule has 0 aliphatic heterocycles. The summed E-state index contributed by atoms with van der Waals surface area (Å²) in [5.74, 6) is -1.89. The Bertz CT molecular complexity index is 641. The van der Waals surface area contributed by atoms with Crippen LogP contribution in [0.3, 0.4) is 0 Å². The first kappa shape index (κ1) is 15.0. The summed E-state index contributed by atoms with van der Waals surface area (Å²) >= 11 is 0. The van der Waals surface area contributed by atoms with Crippen molar-refractivity contribution in [3.63, 3.8) is 0 Å². The van der Waals surface area contributed by atoms with Crippen molar-refractivity contribution in [1.82, 2.24) is 10.3 Å². The van der Waals surface area contributed by atoms with Crippen LogP contribution in [0.25, 0.3) is 0 Å². The number of amides is 1. The van der Waals surface area contributed by atoms with Gasteiger partial charge in [-0.05, 0) is 35.9 Å². The van der Waals surface area contributed by atoms with Gasteiger partial charge >= 0.3 is 6.18 Å². The van der Waals surface area contributed by atoms with Crippen LogP contribution in [-0.2, 0) is 12.7 Å². The lowest BCUT2D eigenvalue weighted by atomic mass is 10.1. The van der Waals surface area contributed by atoms with Crippen LogP contribution in [0.4, 0.5) is 17.6 Å². The van der Waals surface area contributed by atoms with E-state index in [-0.39, 0.29) is 12.1 Å². The molecule has 3 nitrogen and oxygen atoms in total. The minimum atomic E-state index is -4.71. The van der Waals surface area contributed by atoms with Gasteiger partial charge in [-0.1, -0.05) is 0 Å². The zero-order valence-corrected chi connectivity index (χ0v) is 10.6. The monoisotopic (exact) mass is 298 g/mol. The molecule has 0 aliphatic rings. The second-order valence-electron chi connectivity index (χ2n) is 4.26. The molecule has 21 heavy (non-hydrogen) atoms. The van der Waals surface area contributed by atoms with Gasteiger partial charge in [0.05, 0.1) is 5.56 Å². The molecule has 0 saturated heterocycles. The molecule has 2 rings (SSSR count). The van der Waals surface area contributed by atoms with Gasteiger partial charge in [0.1, 0.15) is 5.82 Å². The fourth-order valence-corrected chi connectivity index (χ4v) is 1.67. The molecule has 0 bridgehead atoms. The van der Waals surface area contributed by atoms with E-state index in [0.29, 0.717) is 12.1 Å². The first-order valence-corrected chi connectivity index (χ1v) is 5.91. The van der Waals surface area contributed by atoms with Crippen LogP contribution < -0.4 is 5.32 Å². The number of carbonyl (C=O) groups is 1. The van der Waals surface area contributed by atoms with Gasteiger partial charge in [-0.25, -0.2) is 4.39 Å². The van der Waals surface area contributed by atoms with E-state index in [0.717, 1.165) is 11.6 Å². The molecule has 0 unspecified atom stereocenters. The normalized spacial score (nSPS) is 11.2. The lowest BCUT2D eigenvalue weighted by Gasteiger charge is -2.10. The van der Waals surface area contributed by atoms with Gasteiger partial charge in [-0.3, -0.25) is 9.78 Å². The molecule has 1 aromatic carbocycles. The first-order chi connectivity index (χ1) is 9.86. The minimum absolute atomic E-state index is 0.110. The molecule has 2 aromatic rings. The molecule has 0 aliphatic carbocycles. The van der Waals surface area contributed by atoms with Crippen molar-refractivity contribution in [2.45, 2.75) is 12.7 Å². The lowest BCUT2D eigenvalue weighted by molar-refractivity contribution is -0.137. The Balaban J connectivity index is 2.14. The van der Waals surface area contributed by atoms with Crippen LogP contribution in [0.1, 0.15) is 21.5 Å². The van der Waals surface area contributed by atoms with E-state index in [1.807, 2.05) is 0 Å². The molecule has 1 amide bonds. The second-order valence-corrected chi connectivity index (χ2v) is 4.26. The lowest BCUT2D eigenvalue weighted by Crippen LogP contribution is -2.23. The van der Waals surface area contributed by atoms with Gasteiger partial charge in [0.2, 0.25) is 0 Å². The molecule has 0 atom stereocenters. The SMILES string of the molecule is O=C(NCc1ccncc1)c1cc(F)cc(C(F)(F)F)c1. The number of pyridine rings is 1. The number of hydrogen-bond acceptors (Lipinski definition) is 2. The van der Waals surface area contributed by atoms with Crippen LogP contribution in [0.2, 0.25) is 0 Å². The number of nitrogens with zero attached hydrogens (tertiary/aromatic N) is 1. The Labute approximate surface area is 117 Å². The fraction of sp³-hybridized carbons (Fsp3) is 0.143. The molecule has 110 valence electrons. The predicted molar refractivity (Wildman–Crippen MR) is 66.8 cm³/mol. The predicted octanol–water partition coefficient (Wildman–Crippen LogP) is 3.17. The Kier molecular flexibility index (Phi) is 4.21. The maximum atomic E-state index is 13.2. The average Bonchev–Trinajstić information content (AvgIpc) is 2.44. The molecule has 7 heteroatoms. The van der Waals surface area contributed by atoms with E-state index >= 15 is 0 Å². The number of benzene rings is 1. The van der Waals surface area contributed by atoms with E-state index in [4.69, 9.17) is 0 Å². The summed E-state index contributed by atoms with van der Waals surface area (Å²) in [5.41, 5.74) is -0.848. The number of nitrogens with one attached hydrogen (secondary N) is 1. The first-order valence-electron chi connectivity index (χ1n) is 5.91. The summed E-state index contributed by atoms with van der Waals surface area (Å²) in [4.78, 5) is 15.6. The number of carbonyl (C=O) groups excluding carboxylic acids is 1. The van der Waals surface area contributed by atoms with Crippen molar-refractivity contribution in [2.75, 3.05) is 0 Å². The maximum Gasteiger partial charge on any atom is 0.416 e. The van der Waals surface area contributed by atoms with Crippen LogP contribution in [0.15, 0.2) is 42.7 Å². The fourth-order valence-electron chi connectivity index (χ4n) is 1.67. The molecule has 1 aromatic heterocycles. The van der Waals surface area contributed by atoms with Gasteiger partial charge in [-0.15, -0.1) is 0 Å². The van der Waals surface area contributed by atoms with Crippen LogP contribution in [0.5, 0.6) is 0 Å². The summed E-state index contributed by atoms with van der Waals surface area (Å²) in [6.45, 7) is 0.110. The Hall–Kier alpha value is -2.44. The zero-order valence-electron chi connectivity index (χ0n) is 10.6. The smallest absolute Gasteiger partial charge is 0.348 e. The van der Waals surface area contributed by atoms with Crippen molar-refractivity contribution in [3.8, 4) is 0 Å². The van der Waals surface area contributed by atoms with Gasteiger partial charge in [0.25, 0.3) is 5.91 Å². The van der Waals surface area contributed by atoms with E-state index in [1.54, 1.807) is 12.1 Å². The van der Waals surface area contributed by atoms with Crippen LogP contribution in [0, 0.1) is 5.82 Å². The third kappa shape index (κ3) is 4.01.